The molecule has 118 valence electrons. The van der Waals surface area contributed by atoms with E-state index < -0.39 is 17.8 Å². The number of nitrogens with one attached hydrogen (secondary N) is 1. The second kappa shape index (κ2) is 7.53. The second-order valence-electron chi connectivity index (χ2n) is 4.49. The Balaban J connectivity index is 2.93. The van der Waals surface area contributed by atoms with Crippen LogP contribution in [0.15, 0.2) is 12.1 Å². The van der Waals surface area contributed by atoms with Crippen LogP contribution in [0, 0.1) is 0 Å². The fraction of sp³-hybridized carbons (Fsp3) is 0.538. The first-order valence-electron chi connectivity index (χ1n) is 6.48. The Morgan fingerprint density at radius 2 is 2.14 bits per heavy atom. The molecule has 1 atom stereocenters. The normalized spacial score (nSPS) is 13.0. The van der Waals surface area contributed by atoms with Crippen molar-refractivity contribution in [3.63, 3.8) is 0 Å². The van der Waals surface area contributed by atoms with Gasteiger partial charge in [0.15, 0.2) is 0 Å². The van der Waals surface area contributed by atoms with Gasteiger partial charge in [0.1, 0.15) is 11.5 Å². The molecule has 0 aromatic carbocycles. The molecule has 0 bridgehead atoms. The van der Waals surface area contributed by atoms with Crippen molar-refractivity contribution < 1.29 is 18.0 Å². The van der Waals surface area contributed by atoms with Crippen LogP contribution in [0.4, 0.5) is 19.0 Å². The van der Waals surface area contributed by atoms with Crippen molar-refractivity contribution >= 4 is 23.5 Å². The topological polar surface area (TPSA) is 68.0 Å². The van der Waals surface area contributed by atoms with Crippen molar-refractivity contribution in [1.82, 2.24) is 4.98 Å². The first kappa shape index (κ1) is 17.6. The van der Waals surface area contributed by atoms with Crippen LogP contribution >= 0.6 is 11.8 Å². The molecule has 4 nitrogen and oxygen atoms in total. The van der Waals surface area contributed by atoms with E-state index >= 15 is 0 Å². The maximum atomic E-state index is 12.7. The highest BCUT2D eigenvalue weighted by atomic mass is 32.2. The van der Waals surface area contributed by atoms with Gasteiger partial charge in [-0.3, -0.25) is 4.79 Å². The molecule has 1 aromatic rings. The van der Waals surface area contributed by atoms with Gasteiger partial charge in [0.05, 0.1) is 5.56 Å². The predicted octanol–water partition coefficient (Wildman–Crippen LogP) is 3.14. The zero-order valence-corrected chi connectivity index (χ0v) is 12.6. The Hall–Kier alpha value is -1.44. The minimum absolute atomic E-state index is 0.0435. The Kier molecular flexibility index (Phi) is 6.32. The van der Waals surface area contributed by atoms with Gasteiger partial charge in [-0.05, 0) is 37.0 Å². The lowest BCUT2D eigenvalue weighted by Crippen LogP contribution is -2.23. The number of hydrogen-bond donors (Lipinski definition) is 2. The van der Waals surface area contributed by atoms with Gasteiger partial charge in [-0.15, -0.1) is 0 Å². The number of amides is 1. The molecule has 8 heteroatoms. The molecule has 1 heterocycles. The zero-order valence-electron chi connectivity index (χ0n) is 11.8. The van der Waals surface area contributed by atoms with Gasteiger partial charge >= 0.3 is 6.18 Å². The molecule has 0 aliphatic rings. The highest BCUT2D eigenvalue weighted by Crippen LogP contribution is 2.29. The summed E-state index contributed by atoms with van der Waals surface area (Å²) in [5.41, 5.74) is 4.07. The highest BCUT2D eigenvalue weighted by Gasteiger charge is 2.33. The van der Waals surface area contributed by atoms with Gasteiger partial charge in [-0.2, -0.15) is 24.9 Å². The standard InChI is InChI=1S/C13H18F3N3OS/c1-3-21-7-6-8(2)18-12-9(11(17)20)4-5-10(19-12)13(14,15)16/h4-5,8H,3,6-7H2,1-2H3,(H2,17,20)(H,18,19). The van der Waals surface area contributed by atoms with Crippen LogP contribution < -0.4 is 11.1 Å². The van der Waals surface area contributed by atoms with Crippen LogP contribution in [-0.4, -0.2) is 28.4 Å². The summed E-state index contributed by atoms with van der Waals surface area (Å²) in [7, 11) is 0. The lowest BCUT2D eigenvalue weighted by Gasteiger charge is -2.17. The lowest BCUT2D eigenvalue weighted by atomic mass is 10.2. The number of carbonyl (C=O) groups excluding carboxylic acids is 1. The van der Waals surface area contributed by atoms with Gasteiger partial charge in [-0.1, -0.05) is 6.92 Å². The van der Waals surface area contributed by atoms with E-state index in [1.807, 2.05) is 13.8 Å². The number of rotatable bonds is 7. The van der Waals surface area contributed by atoms with Crippen molar-refractivity contribution in [3.05, 3.63) is 23.4 Å². The van der Waals surface area contributed by atoms with Crippen molar-refractivity contribution in [1.29, 1.82) is 0 Å². The number of aromatic nitrogens is 1. The van der Waals surface area contributed by atoms with E-state index in [0.717, 1.165) is 30.1 Å². The van der Waals surface area contributed by atoms with Crippen LogP contribution in [0.2, 0.25) is 0 Å². The number of anilines is 1. The molecular weight excluding hydrogens is 303 g/mol. The number of primary amides is 1. The fourth-order valence-electron chi connectivity index (χ4n) is 1.64. The van der Waals surface area contributed by atoms with Crippen molar-refractivity contribution in [2.45, 2.75) is 32.5 Å². The summed E-state index contributed by atoms with van der Waals surface area (Å²) in [6, 6.07) is 1.69. The Morgan fingerprint density at radius 1 is 1.48 bits per heavy atom. The van der Waals surface area contributed by atoms with Gasteiger partial charge in [0.2, 0.25) is 0 Å². The average molecular weight is 321 g/mol. The van der Waals surface area contributed by atoms with Crippen LogP contribution in [0.5, 0.6) is 0 Å². The van der Waals surface area contributed by atoms with E-state index in [1.165, 1.54) is 0 Å². The second-order valence-corrected chi connectivity index (χ2v) is 5.88. The molecule has 1 amide bonds. The summed E-state index contributed by atoms with van der Waals surface area (Å²) in [5, 5.41) is 2.84. The number of nitrogens with two attached hydrogens (primary N) is 1. The monoisotopic (exact) mass is 321 g/mol. The van der Waals surface area contributed by atoms with Crippen LogP contribution in [0.25, 0.3) is 0 Å². The average Bonchev–Trinajstić information content (AvgIpc) is 2.37. The summed E-state index contributed by atoms with van der Waals surface area (Å²) in [6.07, 6.45) is -3.82. The van der Waals surface area contributed by atoms with Crippen LogP contribution in [-0.2, 0) is 6.18 Å². The van der Waals surface area contributed by atoms with Crippen LogP contribution in [0.3, 0.4) is 0 Å². The van der Waals surface area contributed by atoms with Gasteiger partial charge < -0.3 is 11.1 Å². The molecule has 0 spiro atoms. The molecule has 0 saturated heterocycles. The Morgan fingerprint density at radius 3 is 2.67 bits per heavy atom. The van der Waals surface area contributed by atoms with Crippen molar-refractivity contribution in [2.24, 2.45) is 5.73 Å². The van der Waals surface area contributed by atoms with Crippen molar-refractivity contribution in [2.75, 3.05) is 16.8 Å². The van der Waals surface area contributed by atoms with E-state index in [1.54, 1.807) is 11.8 Å². The minimum Gasteiger partial charge on any atom is -0.367 e. The minimum atomic E-state index is -4.56. The number of carbonyl (C=O) groups is 1. The lowest BCUT2D eigenvalue weighted by molar-refractivity contribution is -0.141. The van der Waals surface area contributed by atoms with Gasteiger partial charge in [0.25, 0.3) is 5.91 Å². The molecule has 21 heavy (non-hydrogen) atoms. The summed E-state index contributed by atoms with van der Waals surface area (Å²) in [6.45, 7) is 3.85. The molecule has 1 aromatic heterocycles. The van der Waals surface area contributed by atoms with E-state index in [4.69, 9.17) is 5.73 Å². The Labute approximate surface area is 125 Å². The largest absolute Gasteiger partial charge is 0.433 e. The highest BCUT2D eigenvalue weighted by molar-refractivity contribution is 7.99. The first-order chi connectivity index (χ1) is 9.75. The van der Waals surface area contributed by atoms with E-state index in [9.17, 15) is 18.0 Å². The maximum Gasteiger partial charge on any atom is 0.433 e. The fourth-order valence-corrected chi connectivity index (χ4v) is 2.44. The number of thioether (sulfide) groups is 1. The van der Waals surface area contributed by atoms with Crippen molar-refractivity contribution in [3.8, 4) is 0 Å². The molecule has 1 rings (SSSR count). The first-order valence-corrected chi connectivity index (χ1v) is 7.63. The third kappa shape index (κ3) is 5.45. The number of hydrogen-bond acceptors (Lipinski definition) is 4. The molecule has 3 N–H and O–H groups in total. The zero-order chi connectivity index (χ0) is 16.0. The molecular formula is C13H18F3N3OS. The number of halogens is 3. The van der Waals surface area contributed by atoms with E-state index in [-0.39, 0.29) is 17.4 Å². The molecule has 0 saturated carbocycles. The Bertz CT molecular complexity index is 494. The van der Waals surface area contributed by atoms with Gasteiger partial charge in [-0.25, -0.2) is 4.98 Å². The maximum absolute atomic E-state index is 12.7. The number of alkyl halides is 3. The molecule has 0 fully saturated rings. The third-order valence-electron chi connectivity index (χ3n) is 2.73. The molecule has 1 unspecified atom stereocenters. The summed E-state index contributed by atoms with van der Waals surface area (Å²) >= 11 is 1.73. The number of pyridine rings is 1. The van der Waals surface area contributed by atoms with Gasteiger partial charge in [0, 0.05) is 6.04 Å². The SMILES string of the molecule is CCSCCC(C)Nc1nc(C(F)(F)F)ccc1C(N)=O. The number of nitrogens with zero attached hydrogens (tertiary/aromatic N) is 1. The third-order valence-corrected chi connectivity index (χ3v) is 3.67. The quantitative estimate of drug-likeness (QED) is 0.757. The van der Waals surface area contributed by atoms with E-state index in [0.29, 0.717) is 0 Å². The summed E-state index contributed by atoms with van der Waals surface area (Å²) < 4.78 is 38.0. The smallest absolute Gasteiger partial charge is 0.367 e. The molecule has 0 aliphatic carbocycles. The molecule has 0 radical (unpaired) electrons. The summed E-state index contributed by atoms with van der Waals surface area (Å²) in [5.74, 6) is 0.913. The van der Waals surface area contributed by atoms with Crippen LogP contribution in [0.1, 0.15) is 36.3 Å². The summed E-state index contributed by atoms with van der Waals surface area (Å²) in [4.78, 5) is 14.8. The predicted molar refractivity (Wildman–Crippen MR) is 78.5 cm³/mol. The van der Waals surface area contributed by atoms with E-state index in [2.05, 4.69) is 10.3 Å². The molecule has 0 aliphatic heterocycles.